The van der Waals surface area contributed by atoms with Crippen LogP contribution in [0.15, 0.2) is 5.38 Å². The maximum Gasteiger partial charge on any atom is 0.225 e. The average Bonchev–Trinajstić information content (AvgIpc) is 2.86. The van der Waals surface area contributed by atoms with E-state index in [0.29, 0.717) is 6.54 Å². The van der Waals surface area contributed by atoms with Gasteiger partial charge in [-0.3, -0.25) is 9.59 Å². The first-order valence-corrected chi connectivity index (χ1v) is 8.83. The van der Waals surface area contributed by atoms with Crippen molar-refractivity contribution in [2.24, 2.45) is 5.41 Å². The molecule has 1 heterocycles. The first-order valence-electron chi connectivity index (χ1n) is 7.95. The molecule has 0 radical (unpaired) electrons. The molecule has 0 saturated heterocycles. The van der Waals surface area contributed by atoms with Crippen molar-refractivity contribution in [3.05, 3.63) is 16.1 Å². The molecule has 1 atom stereocenters. The molecule has 5 nitrogen and oxygen atoms in total. The Hall–Kier alpha value is -1.43. The number of nitrogens with one attached hydrogen (secondary N) is 2. The van der Waals surface area contributed by atoms with E-state index < -0.39 is 5.41 Å². The van der Waals surface area contributed by atoms with Gasteiger partial charge in [0.25, 0.3) is 0 Å². The molecule has 0 aliphatic rings. The number of amides is 2. The van der Waals surface area contributed by atoms with Gasteiger partial charge in [0.15, 0.2) is 0 Å². The number of carbonyl (C=O) groups excluding carboxylic acids is 2. The molecule has 1 aromatic heterocycles. The molecule has 1 unspecified atom stereocenters. The Bertz CT molecular complexity index is 553. The number of nitrogens with zero attached hydrogens (tertiary/aromatic N) is 1. The predicted octanol–water partition coefficient (Wildman–Crippen LogP) is 3.17. The number of thiazole rings is 1. The standard InChI is InChI=1S/C17H29N3O2S/c1-11(14-20-12(10-23-14)16(2,3)4)19-13(21)8-9-18-15(22)17(5,6)7/h10-11H,8-9H2,1-7H3,(H,18,22)(H,19,21). The van der Waals surface area contributed by atoms with Gasteiger partial charge in [-0.1, -0.05) is 41.5 Å². The zero-order valence-electron chi connectivity index (χ0n) is 15.2. The first-order chi connectivity index (χ1) is 10.4. The SMILES string of the molecule is CC(NC(=O)CCNC(=O)C(C)(C)C)c1nc(C(C)(C)C)cs1. The normalized spacial score (nSPS) is 13.5. The number of hydrogen-bond donors (Lipinski definition) is 2. The summed E-state index contributed by atoms with van der Waals surface area (Å²) in [5.74, 6) is -0.132. The van der Waals surface area contributed by atoms with Crippen LogP contribution in [0.25, 0.3) is 0 Å². The molecule has 130 valence electrons. The van der Waals surface area contributed by atoms with Crippen LogP contribution in [0.2, 0.25) is 0 Å². The van der Waals surface area contributed by atoms with E-state index in [0.717, 1.165) is 10.7 Å². The van der Waals surface area contributed by atoms with Gasteiger partial charge in [0.1, 0.15) is 5.01 Å². The summed E-state index contributed by atoms with van der Waals surface area (Å²) in [5, 5.41) is 8.66. The van der Waals surface area contributed by atoms with Gasteiger partial charge >= 0.3 is 0 Å². The van der Waals surface area contributed by atoms with Crippen LogP contribution in [0.4, 0.5) is 0 Å². The van der Waals surface area contributed by atoms with E-state index in [1.165, 1.54) is 0 Å². The van der Waals surface area contributed by atoms with E-state index >= 15 is 0 Å². The van der Waals surface area contributed by atoms with Crippen molar-refractivity contribution in [1.82, 2.24) is 15.6 Å². The Labute approximate surface area is 143 Å². The van der Waals surface area contributed by atoms with Gasteiger partial charge in [-0.05, 0) is 6.92 Å². The molecule has 2 N–H and O–H groups in total. The van der Waals surface area contributed by atoms with Crippen LogP contribution in [0, 0.1) is 5.41 Å². The minimum Gasteiger partial charge on any atom is -0.355 e. The van der Waals surface area contributed by atoms with E-state index in [9.17, 15) is 9.59 Å². The molecule has 2 amide bonds. The monoisotopic (exact) mass is 339 g/mol. The minimum absolute atomic E-state index is 0.00964. The molecule has 0 saturated carbocycles. The highest BCUT2D eigenvalue weighted by atomic mass is 32.1. The van der Waals surface area contributed by atoms with Crippen LogP contribution < -0.4 is 10.6 Å². The second-order valence-corrected chi connectivity index (χ2v) is 8.76. The predicted molar refractivity (Wildman–Crippen MR) is 94.5 cm³/mol. The second-order valence-electron chi connectivity index (χ2n) is 7.87. The summed E-state index contributed by atoms with van der Waals surface area (Å²) in [6.07, 6.45) is 0.268. The van der Waals surface area contributed by atoms with E-state index in [1.54, 1.807) is 11.3 Å². The maximum absolute atomic E-state index is 12.0. The Balaban J connectivity index is 2.45. The molecular weight excluding hydrogens is 310 g/mol. The highest BCUT2D eigenvalue weighted by molar-refractivity contribution is 7.09. The maximum atomic E-state index is 12.0. The topological polar surface area (TPSA) is 71.1 Å². The average molecular weight is 340 g/mol. The van der Waals surface area contributed by atoms with Crippen molar-refractivity contribution in [3.8, 4) is 0 Å². The molecule has 0 spiro atoms. The largest absolute Gasteiger partial charge is 0.355 e. The van der Waals surface area contributed by atoms with Gasteiger partial charge in [0.2, 0.25) is 11.8 Å². The summed E-state index contributed by atoms with van der Waals surface area (Å²) in [6, 6.07) is -0.123. The lowest BCUT2D eigenvalue weighted by Crippen LogP contribution is -2.37. The van der Waals surface area contributed by atoms with Crippen molar-refractivity contribution in [3.63, 3.8) is 0 Å². The van der Waals surface area contributed by atoms with Gasteiger partial charge in [0.05, 0.1) is 11.7 Å². The van der Waals surface area contributed by atoms with Crippen LogP contribution in [-0.4, -0.2) is 23.3 Å². The highest BCUT2D eigenvalue weighted by Crippen LogP contribution is 2.26. The van der Waals surface area contributed by atoms with Crippen molar-refractivity contribution >= 4 is 23.2 Å². The summed E-state index contributed by atoms with van der Waals surface area (Å²) in [6.45, 7) is 14.2. The van der Waals surface area contributed by atoms with E-state index in [-0.39, 0.29) is 29.7 Å². The Kier molecular flexibility index (Phi) is 6.33. The lowest BCUT2D eigenvalue weighted by atomic mass is 9.93. The number of rotatable bonds is 5. The van der Waals surface area contributed by atoms with Crippen LogP contribution >= 0.6 is 11.3 Å². The number of carbonyl (C=O) groups is 2. The lowest BCUT2D eigenvalue weighted by molar-refractivity contribution is -0.128. The van der Waals surface area contributed by atoms with Crippen molar-refractivity contribution in [2.75, 3.05) is 6.54 Å². The summed E-state index contributed by atoms with van der Waals surface area (Å²) >= 11 is 1.56. The minimum atomic E-state index is -0.436. The van der Waals surface area contributed by atoms with Gasteiger partial charge in [0, 0.05) is 29.2 Å². The number of aromatic nitrogens is 1. The van der Waals surface area contributed by atoms with E-state index in [4.69, 9.17) is 0 Å². The molecular formula is C17H29N3O2S. The van der Waals surface area contributed by atoms with Crippen molar-refractivity contribution < 1.29 is 9.59 Å². The molecule has 23 heavy (non-hydrogen) atoms. The Morgan fingerprint density at radius 3 is 2.30 bits per heavy atom. The van der Waals surface area contributed by atoms with Crippen molar-refractivity contribution in [2.45, 2.75) is 66.3 Å². The summed E-state index contributed by atoms with van der Waals surface area (Å²) in [5.41, 5.74) is 0.611. The third-order valence-electron chi connectivity index (χ3n) is 3.36. The summed E-state index contributed by atoms with van der Waals surface area (Å²) < 4.78 is 0. The van der Waals surface area contributed by atoms with Crippen molar-refractivity contribution in [1.29, 1.82) is 0 Å². The fraction of sp³-hybridized carbons (Fsp3) is 0.706. The van der Waals surface area contributed by atoms with Crippen LogP contribution in [-0.2, 0) is 15.0 Å². The smallest absolute Gasteiger partial charge is 0.225 e. The molecule has 0 aromatic carbocycles. The molecule has 0 aliphatic carbocycles. The van der Waals surface area contributed by atoms with E-state index in [2.05, 4.69) is 36.4 Å². The fourth-order valence-corrected chi connectivity index (χ4v) is 2.81. The summed E-state index contributed by atoms with van der Waals surface area (Å²) in [4.78, 5) is 28.3. The molecule has 1 aromatic rings. The van der Waals surface area contributed by atoms with Gasteiger partial charge in [-0.15, -0.1) is 11.3 Å². The molecule has 0 fully saturated rings. The van der Waals surface area contributed by atoms with E-state index in [1.807, 2.05) is 33.1 Å². The third-order valence-corrected chi connectivity index (χ3v) is 4.38. The summed E-state index contributed by atoms with van der Waals surface area (Å²) in [7, 11) is 0. The van der Waals surface area contributed by atoms with Crippen LogP contribution in [0.5, 0.6) is 0 Å². The molecule has 6 heteroatoms. The zero-order valence-corrected chi connectivity index (χ0v) is 16.1. The van der Waals surface area contributed by atoms with Gasteiger partial charge < -0.3 is 10.6 Å². The second kappa shape index (κ2) is 7.43. The highest BCUT2D eigenvalue weighted by Gasteiger charge is 2.22. The van der Waals surface area contributed by atoms with Gasteiger partial charge in [-0.25, -0.2) is 4.98 Å². The molecule has 1 rings (SSSR count). The van der Waals surface area contributed by atoms with Crippen LogP contribution in [0.1, 0.15) is 71.6 Å². The fourth-order valence-electron chi connectivity index (χ4n) is 1.76. The number of hydrogen-bond acceptors (Lipinski definition) is 4. The first kappa shape index (κ1) is 19.6. The van der Waals surface area contributed by atoms with Gasteiger partial charge in [-0.2, -0.15) is 0 Å². The molecule has 0 bridgehead atoms. The lowest BCUT2D eigenvalue weighted by Gasteiger charge is -2.18. The zero-order chi connectivity index (χ0) is 17.8. The Morgan fingerprint density at radius 2 is 1.83 bits per heavy atom. The third kappa shape index (κ3) is 6.29. The molecule has 0 aliphatic heterocycles. The Morgan fingerprint density at radius 1 is 1.22 bits per heavy atom. The quantitative estimate of drug-likeness (QED) is 0.865. The van der Waals surface area contributed by atoms with Crippen LogP contribution in [0.3, 0.4) is 0 Å².